The van der Waals surface area contributed by atoms with Crippen molar-refractivity contribution in [2.75, 3.05) is 32.7 Å². The Morgan fingerprint density at radius 1 is 1.35 bits per heavy atom. The summed E-state index contributed by atoms with van der Waals surface area (Å²) < 4.78 is 6.39. The average molecular weight is 296 g/mol. The number of halogens is 1. The fraction of sp³-hybridized carbons (Fsp3) is 0.533. The molecule has 3 fully saturated rings. The van der Waals surface area contributed by atoms with Crippen LogP contribution in [0.3, 0.4) is 0 Å². The topological polar surface area (TPSA) is 29.5 Å². The molecule has 0 N–H and O–H groups in total. The first kappa shape index (κ1) is 13.9. The molecule has 108 valence electrons. The van der Waals surface area contributed by atoms with Crippen molar-refractivity contribution in [3.05, 3.63) is 35.9 Å². The van der Waals surface area contributed by atoms with Crippen LogP contribution in [0.25, 0.3) is 0 Å². The zero-order valence-electron chi connectivity index (χ0n) is 11.7. The summed E-state index contributed by atoms with van der Waals surface area (Å²) in [6, 6.07) is 9.14. The number of carbonyl (C=O) groups is 1. The van der Waals surface area contributed by atoms with Crippen LogP contribution in [0.5, 0.6) is 0 Å². The lowest BCUT2D eigenvalue weighted by molar-refractivity contribution is -0.989. The Kier molecular flexibility index (Phi) is 3.71. The zero-order valence-corrected chi connectivity index (χ0v) is 12.4. The molecule has 3 saturated heterocycles. The second-order valence-electron chi connectivity index (χ2n) is 5.66. The molecular weight excluding hydrogens is 276 g/mol. The predicted octanol–water partition coefficient (Wildman–Crippen LogP) is 1.90. The van der Waals surface area contributed by atoms with E-state index in [-0.39, 0.29) is 17.7 Å². The van der Waals surface area contributed by atoms with Crippen molar-refractivity contribution in [3.8, 4) is 0 Å². The molecule has 1 aromatic carbocycles. The average Bonchev–Trinajstić information content (AvgIpc) is 2.49. The Morgan fingerprint density at radius 3 is 2.60 bits per heavy atom. The molecule has 3 aliphatic heterocycles. The Morgan fingerprint density at radius 2 is 2.00 bits per heavy atom. The Bertz CT molecular complexity index is 486. The largest absolute Gasteiger partial charge is 0.409 e. The van der Waals surface area contributed by atoms with Gasteiger partial charge in [0.05, 0.1) is 25.2 Å². The summed E-state index contributed by atoms with van der Waals surface area (Å²) in [7, 11) is 0. The van der Waals surface area contributed by atoms with Gasteiger partial charge in [0, 0.05) is 20.0 Å². The fourth-order valence-electron chi connectivity index (χ4n) is 3.21. The molecule has 0 amide bonds. The van der Waals surface area contributed by atoms with E-state index >= 15 is 0 Å². The molecule has 0 aromatic heterocycles. The molecule has 0 aliphatic carbocycles. The highest BCUT2D eigenvalue weighted by molar-refractivity contribution is 6.19. The number of nitrogens with zero attached hydrogens (tertiary/aromatic N) is 2. The van der Waals surface area contributed by atoms with Gasteiger partial charge in [-0.05, 0) is 12.1 Å². The van der Waals surface area contributed by atoms with Gasteiger partial charge in [-0.15, -0.1) is 0 Å². The molecule has 4 nitrogen and oxygen atoms in total. The van der Waals surface area contributed by atoms with Crippen molar-refractivity contribution in [2.24, 2.45) is 0 Å². The van der Waals surface area contributed by atoms with Crippen molar-refractivity contribution >= 4 is 17.6 Å². The maximum atomic E-state index is 12.2. The molecule has 3 aliphatic rings. The molecule has 1 aromatic rings. The van der Waals surface area contributed by atoms with Crippen LogP contribution in [0, 0.1) is 0 Å². The van der Waals surface area contributed by atoms with Crippen LogP contribution in [0.2, 0.25) is 0 Å². The second-order valence-corrected chi connectivity index (χ2v) is 6.16. The molecule has 0 radical (unpaired) electrons. The lowest BCUT2D eigenvalue weighted by atomic mass is 10.1. The van der Waals surface area contributed by atoms with Gasteiger partial charge in [-0.2, -0.15) is 0 Å². The molecular formula is C15H20ClN2O2+. The molecule has 2 bridgehead atoms. The monoisotopic (exact) mass is 295 g/mol. The third kappa shape index (κ3) is 2.32. The van der Waals surface area contributed by atoms with Gasteiger partial charge in [0.25, 0.3) is 0 Å². The second kappa shape index (κ2) is 5.35. The van der Waals surface area contributed by atoms with Crippen LogP contribution in [0.1, 0.15) is 17.3 Å². The number of hydrogen-bond donors (Lipinski definition) is 0. The van der Waals surface area contributed by atoms with Crippen LogP contribution in [0.4, 0.5) is 0 Å². The first-order valence-corrected chi connectivity index (χ1v) is 7.54. The summed E-state index contributed by atoms with van der Waals surface area (Å²) in [6.07, 6.45) is -0.201. The van der Waals surface area contributed by atoms with E-state index < -0.39 is 0 Å². The predicted molar refractivity (Wildman–Crippen MR) is 77.4 cm³/mol. The Balaban J connectivity index is 1.72. The molecule has 2 unspecified atom stereocenters. The van der Waals surface area contributed by atoms with Crippen molar-refractivity contribution in [3.63, 3.8) is 0 Å². The minimum absolute atomic E-state index is 0.0103. The van der Waals surface area contributed by atoms with Crippen molar-refractivity contribution in [1.82, 2.24) is 4.90 Å². The van der Waals surface area contributed by atoms with Gasteiger partial charge in [-0.1, -0.05) is 29.8 Å². The lowest BCUT2D eigenvalue weighted by Gasteiger charge is -2.55. The number of benzene rings is 1. The van der Waals surface area contributed by atoms with Crippen LogP contribution in [0.15, 0.2) is 30.3 Å². The maximum absolute atomic E-state index is 12.2. The van der Waals surface area contributed by atoms with Gasteiger partial charge in [-0.3, -0.25) is 9.38 Å². The number of quaternary nitrogens is 1. The van der Waals surface area contributed by atoms with Crippen LogP contribution in [-0.2, 0) is 4.74 Å². The molecule has 2 atom stereocenters. The molecule has 20 heavy (non-hydrogen) atoms. The summed E-state index contributed by atoms with van der Waals surface area (Å²) in [5, 5.41) is 0. The van der Waals surface area contributed by atoms with Crippen LogP contribution >= 0.6 is 11.6 Å². The summed E-state index contributed by atoms with van der Waals surface area (Å²) in [5.41, 5.74) is 0.607. The highest BCUT2D eigenvalue weighted by Gasteiger charge is 2.50. The molecule has 0 saturated carbocycles. The maximum Gasteiger partial charge on any atom is 0.342 e. The Labute approximate surface area is 124 Å². The number of hydrogen-bond acceptors (Lipinski definition) is 3. The van der Waals surface area contributed by atoms with Gasteiger partial charge in [0.2, 0.25) is 6.23 Å². The van der Waals surface area contributed by atoms with E-state index in [4.69, 9.17) is 16.3 Å². The van der Waals surface area contributed by atoms with E-state index in [0.717, 1.165) is 32.7 Å². The number of alkyl halides is 1. The zero-order chi connectivity index (χ0) is 14.2. The third-order valence-electron chi connectivity index (χ3n) is 4.64. The third-order valence-corrected chi connectivity index (χ3v) is 5.17. The number of carbonyl (C=O) groups excluding carboxylic acids is 1. The molecule has 4 rings (SSSR count). The van der Waals surface area contributed by atoms with E-state index in [1.54, 1.807) is 12.1 Å². The highest BCUT2D eigenvalue weighted by atomic mass is 35.5. The molecule has 5 heteroatoms. The first-order valence-electron chi connectivity index (χ1n) is 7.11. The van der Waals surface area contributed by atoms with Gasteiger partial charge in [0.15, 0.2) is 5.50 Å². The quantitative estimate of drug-likeness (QED) is 0.369. The minimum atomic E-state index is -0.262. The molecule has 3 heterocycles. The van der Waals surface area contributed by atoms with Crippen molar-refractivity contribution in [2.45, 2.75) is 18.7 Å². The van der Waals surface area contributed by atoms with E-state index in [2.05, 4.69) is 4.90 Å². The number of rotatable bonds is 3. The van der Waals surface area contributed by atoms with E-state index in [0.29, 0.717) is 10.0 Å². The van der Waals surface area contributed by atoms with Crippen molar-refractivity contribution in [1.29, 1.82) is 0 Å². The summed E-state index contributed by atoms with van der Waals surface area (Å²) in [6.45, 7) is 6.84. The van der Waals surface area contributed by atoms with Crippen LogP contribution < -0.4 is 0 Å². The number of fused-ring (bicyclic) bond motifs is 3. The van der Waals surface area contributed by atoms with Crippen molar-refractivity contribution < 1.29 is 14.0 Å². The van der Waals surface area contributed by atoms with E-state index in [1.165, 1.54) is 0 Å². The lowest BCUT2D eigenvalue weighted by Crippen LogP contribution is -2.74. The number of esters is 1. The van der Waals surface area contributed by atoms with Gasteiger partial charge >= 0.3 is 5.97 Å². The van der Waals surface area contributed by atoms with Crippen LogP contribution in [-0.4, -0.2) is 59.8 Å². The SMILES string of the molecule is CC(OC(=O)c1ccccc1)[N+]12CCN(CC1)CC2Cl. The number of ether oxygens (including phenoxy) is 1. The fourth-order valence-corrected chi connectivity index (χ4v) is 3.76. The summed E-state index contributed by atoms with van der Waals surface area (Å²) >= 11 is 6.53. The normalized spacial score (nSPS) is 33.7. The standard InChI is InChI=1S/C15H20ClN2O2/c1-12(20-15(19)13-5-3-2-4-6-13)18-9-7-17(8-10-18)11-14(18)16/h2-6,12,14H,7-11H2,1H3/q+1. The van der Waals surface area contributed by atoms with Gasteiger partial charge in [-0.25, -0.2) is 4.79 Å². The van der Waals surface area contributed by atoms with Gasteiger partial charge < -0.3 is 4.74 Å². The van der Waals surface area contributed by atoms with E-state index in [1.807, 2.05) is 25.1 Å². The number of piperazine rings is 3. The Hall–Kier alpha value is -1.10. The minimum Gasteiger partial charge on any atom is -0.409 e. The summed E-state index contributed by atoms with van der Waals surface area (Å²) in [4.78, 5) is 14.6. The highest BCUT2D eigenvalue weighted by Crippen LogP contribution is 2.32. The summed E-state index contributed by atoms with van der Waals surface area (Å²) in [5.74, 6) is -0.262. The first-order chi connectivity index (χ1) is 9.62. The van der Waals surface area contributed by atoms with E-state index in [9.17, 15) is 4.79 Å². The smallest absolute Gasteiger partial charge is 0.342 e. The molecule has 0 spiro atoms. The van der Waals surface area contributed by atoms with Gasteiger partial charge in [0.1, 0.15) is 0 Å².